The number of aliphatic carboxylic acids is 1. The molecule has 72 heavy (non-hydrogen) atoms. The van der Waals surface area contributed by atoms with Crippen molar-refractivity contribution in [2.24, 2.45) is 0 Å². The molecule has 8 aromatic rings. The lowest BCUT2D eigenvalue weighted by Gasteiger charge is -2.36. The number of alkyl carbamates (subject to hydrolysis) is 1. The molecule has 0 saturated carbocycles. The van der Waals surface area contributed by atoms with Crippen LogP contribution in [0.5, 0.6) is 0 Å². The Kier molecular flexibility index (Phi) is 16.4. The van der Waals surface area contributed by atoms with Crippen molar-refractivity contribution in [3.05, 3.63) is 275 Å². The van der Waals surface area contributed by atoms with E-state index in [0.29, 0.717) is 37.4 Å². The third kappa shape index (κ3) is 10.9. The van der Waals surface area contributed by atoms with Gasteiger partial charge in [-0.05, 0) is 80.0 Å². The van der Waals surface area contributed by atoms with Gasteiger partial charge in [-0.25, -0.2) is 9.59 Å². The number of ether oxygens (including phenoxy) is 1. The Morgan fingerprint density at radius 2 is 0.806 bits per heavy atom. The van der Waals surface area contributed by atoms with Gasteiger partial charge in [0.2, 0.25) is 5.91 Å². The van der Waals surface area contributed by atoms with Gasteiger partial charge in [0.25, 0.3) is 0 Å². The largest absolute Gasteiger partial charge is 0.480 e. The van der Waals surface area contributed by atoms with Crippen LogP contribution in [0.15, 0.2) is 231 Å². The highest BCUT2D eigenvalue weighted by Crippen LogP contribution is 2.50. The molecule has 362 valence electrons. The minimum atomic E-state index is -1.50. The molecule has 1 atom stereocenters. The SMILES string of the molecule is O=C(N[C@@H](CC(=O)N(CCCSC(c1ccccc1)(c1ccccc1)c1ccccc1)CCCSC(c1ccccc1)(c1ccccc1)c1ccccc1)C(=O)O)OCC1c2ccccc2-c2ccccc21. The van der Waals surface area contributed by atoms with Crippen LogP contribution in [-0.4, -0.2) is 65.2 Å². The average molecular weight is 987 g/mol. The van der Waals surface area contributed by atoms with Gasteiger partial charge in [-0.3, -0.25) is 4.79 Å². The molecule has 0 spiro atoms. The zero-order chi connectivity index (χ0) is 49.6. The van der Waals surface area contributed by atoms with Crippen LogP contribution < -0.4 is 5.32 Å². The lowest BCUT2D eigenvalue weighted by atomic mass is 9.84. The second-order valence-electron chi connectivity index (χ2n) is 17.9. The molecule has 0 heterocycles. The number of benzene rings is 8. The first kappa shape index (κ1) is 49.6. The van der Waals surface area contributed by atoms with Crippen molar-refractivity contribution >= 4 is 41.5 Å². The number of carboxylic acids is 1. The number of fused-ring (bicyclic) bond motifs is 3. The minimum absolute atomic E-state index is 0.0223. The van der Waals surface area contributed by atoms with Gasteiger partial charge in [-0.2, -0.15) is 0 Å². The predicted octanol–water partition coefficient (Wildman–Crippen LogP) is 13.4. The van der Waals surface area contributed by atoms with E-state index in [-0.39, 0.29) is 18.4 Å². The highest BCUT2D eigenvalue weighted by molar-refractivity contribution is 8.00. The fraction of sp³-hybridized carbons (Fsp3) is 0.190. The molecule has 9 heteroatoms. The van der Waals surface area contributed by atoms with Gasteiger partial charge in [0.05, 0.1) is 15.9 Å². The zero-order valence-corrected chi connectivity index (χ0v) is 41.7. The highest BCUT2D eigenvalue weighted by atomic mass is 32.2. The summed E-state index contributed by atoms with van der Waals surface area (Å²) in [5, 5.41) is 13.0. The molecule has 0 saturated heterocycles. The summed E-state index contributed by atoms with van der Waals surface area (Å²) in [7, 11) is 0. The van der Waals surface area contributed by atoms with E-state index in [1.165, 1.54) is 0 Å². The molecule has 2 N–H and O–H groups in total. The van der Waals surface area contributed by atoms with Crippen molar-refractivity contribution in [3.63, 3.8) is 0 Å². The fourth-order valence-corrected chi connectivity index (χ4v) is 13.1. The van der Waals surface area contributed by atoms with Crippen LogP contribution in [0.4, 0.5) is 4.79 Å². The van der Waals surface area contributed by atoms with Crippen molar-refractivity contribution in [2.45, 2.75) is 40.7 Å². The molecule has 7 nitrogen and oxygen atoms in total. The van der Waals surface area contributed by atoms with E-state index in [2.05, 4.69) is 163 Å². The molecule has 0 aliphatic heterocycles. The van der Waals surface area contributed by atoms with Gasteiger partial charge >= 0.3 is 12.1 Å². The Labute approximate surface area is 431 Å². The highest BCUT2D eigenvalue weighted by Gasteiger charge is 2.39. The van der Waals surface area contributed by atoms with E-state index in [1.54, 1.807) is 4.90 Å². The topological polar surface area (TPSA) is 95.9 Å². The standard InChI is InChI=1S/C63H58N2O5S2/c66-59(45-58(60(67)68)64-61(69)70-46-57-55-39-21-19-37-53(55)54-38-20-22-40-56(54)57)65(41-23-43-71-62(47-25-7-1-8-26-47,48-27-9-2-10-28-48)49-29-11-3-12-30-49)42-24-44-72-63(50-31-13-4-14-32-50,51-33-15-5-16-34-51)52-35-17-6-18-36-52/h1-22,25-40,57-58H,23-24,41-46H2,(H,64,69)(H,67,68)/t58-/m0/s1. The Bertz CT molecular complexity index is 2640. The second-order valence-corrected chi connectivity index (χ2v) is 20.5. The third-order valence-electron chi connectivity index (χ3n) is 13.5. The van der Waals surface area contributed by atoms with E-state index in [4.69, 9.17) is 4.74 Å². The van der Waals surface area contributed by atoms with Crippen LogP contribution in [0.2, 0.25) is 0 Å². The first-order valence-electron chi connectivity index (χ1n) is 24.6. The molecule has 0 unspecified atom stereocenters. The summed E-state index contributed by atoms with van der Waals surface area (Å²) in [6, 6.07) is 77.8. The number of thioether (sulfide) groups is 2. The first-order chi connectivity index (χ1) is 35.4. The second kappa shape index (κ2) is 23.7. The van der Waals surface area contributed by atoms with Gasteiger partial charge in [0, 0.05) is 19.0 Å². The summed E-state index contributed by atoms with van der Waals surface area (Å²) in [6.45, 7) is 0.807. The van der Waals surface area contributed by atoms with Crippen molar-refractivity contribution in [3.8, 4) is 11.1 Å². The summed E-state index contributed by atoms with van der Waals surface area (Å²) in [6.07, 6.45) is -0.0344. The maximum Gasteiger partial charge on any atom is 0.407 e. The van der Waals surface area contributed by atoms with Crippen LogP contribution in [-0.2, 0) is 23.8 Å². The Balaban J connectivity index is 0.944. The number of carbonyl (C=O) groups is 3. The number of carboxylic acid groups (broad SMARTS) is 1. The van der Waals surface area contributed by atoms with Crippen molar-refractivity contribution in [1.82, 2.24) is 10.2 Å². The number of rotatable bonds is 22. The average Bonchev–Trinajstić information content (AvgIpc) is 3.76. The molecule has 0 bridgehead atoms. The molecule has 0 radical (unpaired) electrons. The number of amides is 2. The van der Waals surface area contributed by atoms with Crippen molar-refractivity contribution in [2.75, 3.05) is 31.2 Å². The Morgan fingerprint density at radius 1 is 0.486 bits per heavy atom. The first-order valence-corrected chi connectivity index (χ1v) is 26.6. The fourth-order valence-electron chi connectivity index (χ4n) is 10.1. The normalized spacial score (nSPS) is 12.6. The van der Waals surface area contributed by atoms with Crippen molar-refractivity contribution in [1.29, 1.82) is 0 Å². The number of nitrogens with zero attached hydrogens (tertiary/aromatic N) is 1. The van der Waals surface area contributed by atoms with Crippen LogP contribution in [0.3, 0.4) is 0 Å². The van der Waals surface area contributed by atoms with Gasteiger partial charge in [0.15, 0.2) is 0 Å². The number of hydrogen-bond donors (Lipinski definition) is 2. The Morgan fingerprint density at radius 3 is 1.14 bits per heavy atom. The van der Waals surface area contributed by atoms with Gasteiger partial charge in [-0.15, -0.1) is 23.5 Å². The van der Waals surface area contributed by atoms with Crippen molar-refractivity contribution < 1.29 is 24.2 Å². The number of nitrogens with one attached hydrogen (secondary N) is 1. The Hall–Kier alpha value is -7.33. The predicted molar refractivity (Wildman–Crippen MR) is 293 cm³/mol. The van der Waals surface area contributed by atoms with E-state index in [1.807, 2.05) is 96.3 Å². The molecule has 0 aromatic heterocycles. The third-order valence-corrected chi connectivity index (χ3v) is 16.8. The van der Waals surface area contributed by atoms with E-state index in [0.717, 1.165) is 55.6 Å². The molecule has 0 fully saturated rings. The molecule has 8 aromatic carbocycles. The number of hydrogen-bond acceptors (Lipinski definition) is 6. The number of carbonyl (C=O) groups excluding carboxylic acids is 2. The van der Waals surface area contributed by atoms with Gasteiger partial charge < -0.3 is 20.1 Å². The smallest absolute Gasteiger partial charge is 0.407 e. The van der Waals surface area contributed by atoms with E-state index < -0.39 is 34.0 Å². The zero-order valence-electron chi connectivity index (χ0n) is 40.1. The molecule has 1 aliphatic rings. The maximum atomic E-state index is 14.6. The van der Waals surface area contributed by atoms with Gasteiger partial charge in [-0.1, -0.05) is 231 Å². The summed E-state index contributed by atoms with van der Waals surface area (Å²) in [5.41, 5.74) is 11.2. The van der Waals surface area contributed by atoms with Crippen LogP contribution in [0.1, 0.15) is 69.7 Å². The molecule has 9 rings (SSSR count). The molecule has 1 aliphatic carbocycles. The quantitative estimate of drug-likeness (QED) is 0.0516. The molecular formula is C63H58N2O5S2. The summed E-state index contributed by atoms with van der Waals surface area (Å²) < 4.78 is 4.69. The van der Waals surface area contributed by atoms with Gasteiger partial charge in [0.1, 0.15) is 12.6 Å². The molecule has 2 amide bonds. The van der Waals surface area contributed by atoms with E-state index in [9.17, 15) is 19.5 Å². The monoisotopic (exact) mass is 986 g/mol. The minimum Gasteiger partial charge on any atom is -0.480 e. The lowest BCUT2D eigenvalue weighted by Crippen LogP contribution is -2.46. The molecular weight excluding hydrogens is 929 g/mol. The lowest BCUT2D eigenvalue weighted by molar-refractivity contribution is -0.143. The van der Waals surface area contributed by atoms with Crippen LogP contribution in [0.25, 0.3) is 11.1 Å². The van der Waals surface area contributed by atoms with Crippen LogP contribution in [0, 0.1) is 0 Å². The maximum absolute atomic E-state index is 14.6. The summed E-state index contributed by atoms with van der Waals surface area (Å²) in [4.78, 5) is 42.8. The summed E-state index contributed by atoms with van der Waals surface area (Å²) >= 11 is 3.66. The summed E-state index contributed by atoms with van der Waals surface area (Å²) in [5.74, 6) is -0.474. The van der Waals surface area contributed by atoms with E-state index >= 15 is 0 Å². The van der Waals surface area contributed by atoms with Crippen LogP contribution >= 0.6 is 23.5 Å².